The Balaban J connectivity index is 3.41. The summed E-state index contributed by atoms with van der Waals surface area (Å²) in [5.74, 6) is -4.49. The van der Waals surface area contributed by atoms with Crippen LogP contribution >= 0.6 is 0 Å². The number of Topliss-reactive ketones (excluding diaryl/α,β-unsaturated/α-hetero) is 2. The minimum Gasteiger partial charge on any atom is -0.478 e. The predicted molar refractivity (Wildman–Crippen MR) is 94.6 cm³/mol. The van der Waals surface area contributed by atoms with Crippen LogP contribution in [0, 0.1) is 0 Å². The fourth-order valence-corrected chi connectivity index (χ4v) is 4.03. The molecule has 9 nitrogen and oxygen atoms in total. The molecule has 1 aliphatic rings. The number of aliphatic hydroxyl groups is 2. The Morgan fingerprint density at radius 2 is 1.81 bits per heavy atom. The van der Waals surface area contributed by atoms with Crippen molar-refractivity contribution < 1.29 is 42.7 Å². The van der Waals surface area contributed by atoms with Gasteiger partial charge in [0.05, 0.1) is 6.10 Å². The lowest BCUT2D eigenvalue weighted by Crippen LogP contribution is -2.52. The number of carboxylic acid groups (broad SMARTS) is 1. The van der Waals surface area contributed by atoms with Gasteiger partial charge in [-0.1, -0.05) is 39.5 Å². The summed E-state index contributed by atoms with van der Waals surface area (Å²) < 4.78 is 31.8. The molecule has 1 rings (SSSR count). The van der Waals surface area contributed by atoms with Crippen molar-refractivity contribution in [3.05, 3.63) is 11.1 Å². The highest BCUT2D eigenvalue weighted by Crippen LogP contribution is 2.36. The van der Waals surface area contributed by atoms with E-state index in [1.165, 1.54) is 6.92 Å². The van der Waals surface area contributed by atoms with Crippen molar-refractivity contribution in [2.75, 3.05) is 0 Å². The molecular weight excluding hydrogens is 380 g/mol. The molecule has 3 atom stereocenters. The summed E-state index contributed by atoms with van der Waals surface area (Å²) in [6.07, 6.45) is 0.420. The Kier molecular flexibility index (Phi) is 7.85. The van der Waals surface area contributed by atoms with E-state index in [-0.39, 0.29) is 12.8 Å². The van der Waals surface area contributed by atoms with E-state index in [1.54, 1.807) is 0 Å². The summed E-state index contributed by atoms with van der Waals surface area (Å²) >= 11 is 0. The van der Waals surface area contributed by atoms with E-state index in [0.717, 1.165) is 19.3 Å². The SMILES string of the molecule is CCCCCCC(O)C(O)(CC)C1=C(C(=O)O)C(=O)C(S(=O)(=O)O)CC1=O. The zero-order valence-corrected chi connectivity index (χ0v) is 16.2. The normalized spacial score (nSPS) is 21.9. The van der Waals surface area contributed by atoms with Gasteiger partial charge in [0, 0.05) is 12.0 Å². The average molecular weight is 406 g/mol. The fourth-order valence-electron chi connectivity index (χ4n) is 3.28. The lowest BCUT2D eigenvalue weighted by molar-refractivity contribution is -0.138. The molecule has 3 unspecified atom stereocenters. The molecule has 0 aromatic heterocycles. The van der Waals surface area contributed by atoms with Gasteiger partial charge in [-0.2, -0.15) is 8.42 Å². The van der Waals surface area contributed by atoms with Gasteiger partial charge in [-0.05, 0) is 12.8 Å². The second kappa shape index (κ2) is 9.05. The van der Waals surface area contributed by atoms with E-state index < -0.39 is 62.2 Å². The summed E-state index contributed by atoms with van der Waals surface area (Å²) in [5.41, 5.74) is -4.31. The first-order valence-electron chi connectivity index (χ1n) is 8.83. The van der Waals surface area contributed by atoms with E-state index in [4.69, 9.17) is 4.55 Å². The van der Waals surface area contributed by atoms with E-state index in [0.29, 0.717) is 6.42 Å². The summed E-state index contributed by atoms with van der Waals surface area (Å²) in [6.45, 7) is 3.40. The summed E-state index contributed by atoms with van der Waals surface area (Å²) in [7, 11) is -5.00. The molecule has 0 spiro atoms. The standard InChI is InChI=1S/C17H26O9S/c1-3-5-6-7-8-12(19)17(23,4-2)14-10(18)9-11(27(24,25)26)15(20)13(14)16(21)22/h11-12,19,23H,3-9H2,1-2H3,(H,21,22)(H,24,25,26). The van der Waals surface area contributed by atoms with Crippen LogP contribution in [-0.4, -0.2) is 62.8 Å². The molecule has 4 N–H and O–H groups in total. The number of aliphatic hydroxyl groups excluding tert-OH is 1. The fraction of sp³-hybridized carbons (Fsp3) is 0.706. The molecule has 0 aromatic rings. The Labute approximate surface area is 157 Å². The first-order valence-corrected chi connectivity index (χ1v) is 10.3. The maximum absolute atomic E-state index is 12.5. The van der Waals surface area contributed by atoms with Gasteiger partial charge in [-0.25, -0.2) is 4.79 Å². The van der Waals surface area contributed by atoms with Crippen LogP contribution < -0.4 is 0 Å². The van der Waals surface area contributed by atoms with Crippen LogP contribution in [0.1, 0.15) is 58.8 Å². The zero-order valence-electron chi connectivity index (χ0n) is 15.3. The number of unbranched alkanes of at least 4 members (excludes halogenated alkanes) is 3. The maximum atomic E-state index is 12.5. The van der Waals surface area contributed by atoms with Crippen LogP contribution in [0.5, 0.6) is 0 Å². The van der Waals surface area contributed by atoms with Crippen molar-refractivity contribution in [1.82, 2.24) is 0 Å². The lowest BCUT2D eigenvalue weighted by Gasteiger charge is -2.37. The number of carbonyl (C=O) groups is 3. The number of rotatable bonds is 10. The van der Waals surface area contributed by atoms with E-state index in [2.05, 4.69) is 0 Å². The quantitative estimate of drug-likeness (QED) is 0.231. The predicted octanol–water partition coefficient (Wildman–Crippen LogP) is 0.638. The van der Waals surface area contributed by atoms with Gasteiger partial charge < -0.3 is 15.3 Å². The first-order chi connectivity index (χ1) is 12.4. The average Bonchev–Trinajstić information content (AvgIpc) is 2.57. The van der Waals surface area contributed by atoms with Gasteiger partial charge in [0.25, 0.3) is 10.1 Å². The molecule has 154 valence electrons. The molecule has 0 radical (unpaired) electrons. The van der Waals surface area contributed by atoms with Crippen LogP contribution in [0.15, 0.2) is 11.1 Å². The molecule has 0 aliphatic heterocycles. The van der Waals surface area contributed by atoms with Crippen molar-refractivity contribution in [2.24, 2.45) is 0 Å². The van der Waals surface area contributed by atoms with Crippen LogP contribution in [0.3, 0.4) is 0 Å². The summed E-state index contributed by atoms with van der Waals surface area (Å²) in [6, 6.07) is 0. The molecule has 0 amide bonds. The second-order valence-electron chi connectivity index (χ2n) is 6.69. The topological polar surface area (TPSA) is 166 Å². The Morgan fingerprint density at radius 1 is 1.22 bits per heavy atom. The van der Waals surface area contributed by atoms with Crippen molar-refractivity contribution in [3.63, 3.8) is 0 Å². The van der Waals surface area contributed by atoms with Crippen molar-refractivity contribution in [1.29, 1.82) is 0 Å². The smallest absolute Gasteiger partial charge is 0.339 e. The number of aliphatic carboxylic acids is 1. The summed E-state index contributed by atoms with van der Waals surface area (Å²) in [5, 5.41) is 28.5. The molecule has 0 saturated carbocycles. The number of hydrogen-bond donors (Lipinski definition) is 4. The molecule has 10 heteroatoms. The molecular formula is C17H26O9S. The molecule has 0 saturated heterocycles. The van der Waals surface area contributed by atoms with Crippen LogP contribution in [0.2, 0.25) is 0 Å². The third kappa shape index (κ3) is 5.01. The van der Waals surface area contributed by atoms with Gasteiger partial charge in [-0.15, -0.1) is 0 Å². The van der Waals surface area contributed by atoms with E-state index >= 15 is 0 Å². The van der Waals surface area contributed by atoms with Crippen molar-refractivity contribution in [3.8, 4) is 0 Å². The Morgan fingerprint density at radius 3 is 2.26 bits per heavy atom. The van der Waals surface area contributed by atoms with Crippen LogP contribution in [0.25, 0.3) is 0 Å². The highest BCUT2D eigenvalue weighted by molar-refractivity contribution is 7.87. The van der Waals surface area contributed by atoms with Gasteiger partial charge in [0.15, 0.2) is 16.8 Å². The number of ketones is 2. The number of carbonyl (C=O) groups excluding carboxylic acids is 2. The van der Waals surface area contributed by atoms with Gasteiger partial charge in [-0.3, -0.25) is 14.1 Å². The zero-order chi connectivity index (χ0) is 21.0. The number of hydrogen-bond acceptors (Lipinski definition) is 7. The minimum atomic E-state index is -5.00. The van der Waals surface area contributed by atoms with Gasteiger partial charge >= 0.3 is 5.97 Å². The molecule has 0 aromatic carbocycles. The van der Waals surface area contributed by atoms with Gasteiger partial charge in [0.2, 0.25) is 0 Å². The lowest BCUT2D eigenvalue weighted by atomic mass is 9.74. The van der Waals surface area contributed by atoms with Crippen molar-refractivity contribution in [2.45, 2.75) is 75.7 Å². The largest absolute Gasteiger partial charge is 0.478 e. The molecule has 27 heavy (non-hydrogen) atoms. The first kappa shape index (κ1) is 23.4. The Hall–Kier alpha value is -1.62. The third-order valence-electron chi connectivity index (χ3n) is 4.87. The van der Waals surface area contributed by atoms with E-state index in [9.17, 15) is 38.1 Å². The minimum absolute atomic E-state index is 0.0733. The maximum Gasteiger partial charge on any atom is 0.339 e. The van der Waals surface area contributed by atoms with Crippen LogP contribution in [0.4, 0.5) is 0 Å². The van der Waals surface area contributed by atoms with E-state index in [1.807, 2.05) is 6.92 Å². The molecule has 0 fully saturated rings. The molecule has 1 aliphatic carbocycles. The molecule has 0 bridgehead atoms. The third-order valence-corrected chi connectivity index (χ3v) is 5.97. The monoisotopic (exact) mass is 406 g/mol. The van der Waals surface area contributed by atoms with Gasteiger partial charge in [0.1, 0.15) is 11.2 Å². The second-order valence-corrected chi connectivity index (χ2v) is 8.29. The number of carboxylic acids is 1. The summed E-state index contributed by atoms with van der Waals surface area (Å²) in [4.78, 5) is 36.4. The Bertz CT molecular complexity index is 738. The highest BCUT2D eigenvalue weighted by Gasteiger charge is 2.52. The highest BCUT2D eigenvalue weighted by atomic mass is 32.2. The van der Waals surface area contributed by atoms with Crippen LogP contribution in [-0.2, 0) is 24.5 Å². The molecule has 0 heterocycles. The van der Waals surface area contributed by atoms with Crippen molar-refractivity contribution >= 4 is 27.7 Å².